The van der Waals surface area contributed by atoms with Gasteiger partial charge in [0, 0.05) is 18.5 Å². The summed E-state index contributed by atoms with van der Waals surface area (Å²) in [4.78, 5) is 12.5. The van der Waals surface area contributed by atoms with E-state index in [0.717, 1.165) is 6.42 Å². The summed E-state index contributed by atoms with van der Waals surface area (Å²) in [6, 6.07) is 4.07. The van der Waals surface area contributed by atoms with Crippen LogP contribution < -0.4 is 5.32 Å². The zero-order chi connectivity index (χ0) is 11.6. The third-order valence-corrected chi connectivity index (χ3v) is 2.87. The van der Waals surface area contributed by atoms with Gasteiger partial charge >= 0.3 is 0 Å². The molecule has 0 atom stereocenters. The fraction of sp³-hybridized carbons (Fsp3) is 0.545. The Labute approximate surface area is 99.6 Å². The molecule has 16 heavy (non-hydrogen) atoms. The Balaban J connectivity index is 1.98. The fourth-order valence-electron chi connectivity index (χ4n) is 1.14. The number of thiophene rings is 1. The molecule has 0 unspecified atom stereocenters. The number of ether oxygens (including phenoxy) is 2. The van der Waals surface area contributed by atoms with Gasteiger partial charge in [-0.25, -0.2) is 0 Å². The highest BCUT2D eigenvalue weighted by Crippen LogP contribution is 2.07. The van der Waals surface area contributed by atoms with E-state index in [0.29, 0.717) is 19.8 Å². The molecule has 1 aromatic heterocycles. The van der Waals surface area contributed by atoms with E-state index in [9.17, 15) is 4.79 Å². The van der Waals surface area contributed by atoms with Crippen LogP contribution in [0.2, 0.25) is 0 Å². The SMILES string of the molecule is COCCOCC(=O)NCCc1cccs1. The molecule has 1 heterocycles. The molecule has 90 valence electrons. The van der Waals surface area contributed by atoms with Crippen LogP contribution in [-0.2, 0) is 20.7 Å². The molecule has 0 bridgehead atoms. The van der Waals surface area contributed by atoms with Gasteiger partial charge in [0.05, 0.1) is 13.2 Å². The van der Waals surface area contributed by atoms with Crippen molar-refractivity contribution in [1.29, 1.82) is 0 Å². The molecule has 4 nitrogen and oxygen atoms in total. The van der Waals surface area contributed by atoms with Crippen molar-refractivity contribution in [2.45, 2.75) is 6.42 Å². The minimum absolute atomic E-state index is 0.0762. The maximum absolute atomic E-state index is 11.3. The van der Waals surface area contributed by atoms with Crippen molar-refractivity contribution in [3.05, 3.63) is 22.4 Å². The van der Waals surface area contributed by atoms with Crippen molar-refractivity contribution < 1.29 is 14.3 Å². The molecule has 1 N–H and O–H groups in total. The molecule has 0 aliphatic heterocycles. The van der Waals surface area contributed by atoms with E-state index in [1.807, 2.05) is 11.4 Å². The van der Waals surface area contributed by atoms with Crippen LogP contribution in [0, 0.1) is 0 Å². The van der Waals surface area contributed by atoms with E-state index < -0.39 is 0 Å². The van der Waals surface area contributed by atoms with Crippen molar-refractivity contribution in [3.63, 3.8) is 0 Å². The van der Waals surface area contributed by atoms with E-state index in [-0.39, 0.29) is 12.5 Å². The van der Waals surface area contributed by atoms with Crippen LogP contribution in [0.5, 0.6) is 0 Å². The Hall–Kier alpha value is -0.910. The largest absolute Gasteiger partial charge is 0.382 e. The molecule has 5 heteroatoms. The van der Waals surface area contributed by atoms with Crippen molar-refractivity contribution >= 4 is 17.2 Å². The predicted octanol–water partition coefficient (Wildman–Crippen LogP) is 1.07. The van der Waals surface area contributed by atoms with E-state index >= 15 is 0 Å². The highest BCUT2D eigenvalue weighted by atomic mass is 32.1. The van der Waals surface area contributed by atoms with E-state index in [1.54, 1.807) is 18.4 Å². The molecule has 1 aromatic rings. The van der Waals surface area contributed by atoms with Crippen LogP contribution in [0.1, 0.15) is 4.88 Å². The number of hydrogen-bond donors (Lipinski definition) is 1. The van der Waals surface area contributed by atoms with E-state index in [1.165, 1.54) is 4.88 Å². The maximum Gasteiger partial charge on any atom is 0.246 e. The first-order valence-corrected chi connectivity index (χ1v) is 6.06. The molecule has 0 radical (unpaired) electrons. The van der Waals surface area contributed by atoms with Crippen molar-refractivity contribution in [3.8, 4) is 0 Å². The van der Waals surface area contributed by atoms with Crippen LogP contribution >= 0.6 is 11.3 Å². The smallest absolute Gasteiger partial charge is 0.246 e. The second kappa shape index (κ2) is 8.27. The minimum atomic E-state index is -0.0762. The predicted molar refractivity (Wildman–Crippen MR) is 63.7 cm³/mol. The molecule has 0 aromatic carbocycles. The van der Waals surface area contributed by atoms with Gasteiger partial charge in [0.2, 0.25) is 5.91 Å². The molecule has 0 saturated carbocycles. The van der Waals surface area contributed by atoms with Crippen LogP contribution in [-0.4, -0.2) is 39.4 Å². The summed E-state index contributed by atoms with van der Waals surface area (Å²) in [5.41, 5.74) is 0. The Bertz CT molecular complexity index is 287. The molecule has 0 saturated heterocycles. The zero-order valence-electron chi connectivity index (χ0n) is 9.40. The van der Waals surface area contributed by atoms with E-state index in [4.69, 9.17) is 9.47 Å². The molecule has 0 spiro atoms. The number of methoxy groups -OCH3 is 1. The average molecular weight is 243 g/mol. The zero-order valence-corrected chi connectivity index (χ0v) is 10.2. The Morgan fingerprint density at radius 3 is 3.06 bits per heavy atom. The number of amides is 1. The van der Waals surface area contributed by atoms with Crippen LogP contribution in [0.3, 0.4) is 0 Å². The van der Waals surface area contributed by atoms with Gasteiger partial charge in [0.25, 0.3) is 0 Å². The van der Waals surface area contributed by atoms with Crippen LogP contribution in [0.15, 0.2) is 17.5 Å². The monoisotopic (exact) mass is 243 g/mol. The summed E-state index contributed by atoms with van der Waals surface area (Å²) in [5, 5.41) is 4.83. The summed E-state index contributed by atoms with van der Waals surface area (Å²) in [5.74, 6) is -0.0762. The average Bonchev–Trinajstić information content (AvgIpc) is 2.77. The summed E-state index contributed by atoms with van der Waals surface area (Å²) in [6.45, 7) is 1.73. The lowest BCUT2D eigenvalue weighted by atomic mass is 10.3. The summed E-state index contributed by atoms with van der Waals surface area (Å²) >= 11 is 1.70. The number of carbonyl (C=O) groups is 1. The number of nitrogens with one attached hydrogen (secondary N) is 1. The van der Waals surface area contributed by atoms with Gasteiger partial charge in [-0.05, 0) is 17.9 Å². The fourth-order valence-corrected chi connectivity index (χ4v) is 1.85. The lowest BCUT2D eigenvalue weighted by molar-refractivity contribution is -0.126. The quantitative estimate of drug-likeness (QED) is 0.695. The lowest BCUT2D eigenvalue weighted by Gasteiger charge is -2.05. The molecular formula is C11H17NO3S. The van der Waals surface area contributed by atoms with Gasteiger partial charge in [-0.1, -0.05) is 6.07 Å². The standard InChI is InChI=1S/C11H17NO3S/c1-14-6-7-15-9-11(13)12-5-4-10-3-2-8-16-10/h2-3,8H,4-7,9H2,1H3,(H,12,13). The first-order valence-electron chi connectivity index (χ1n) is 5.18. The molecule has 0 aliphatic carbocycles. The van der Waals surface area contributed by atoms with Gasteiger partial charge in [-0.2, -0.15) is 0 Å². The number of carbonyl (C=O) groups excluding carboxylic acids is 1. The summed E-state index contributed by atoms with van der Waals surface area (Å²) < 4.78 is 9.89. The van der Waals surface area contributed by atoms with E-state index in [2.05, 4.69) is 11.4 Å². The van der Waals surface area contributed by atoms with Gasteiger partial charge < -0.3 is 14.8 Å². The highest BCUT2D eigenvalue weighted by molar-refractivity contribution is 7.09. The topological polar surface area (TPSA) is 47.6 Å². The van der Waals surface area contributed by atoms with Crippen LogP contribution in [0.4, 0.5) is 0 Å². The molecule has 0 fully saturated rings. The van der Waals surface area contributed by atoms with Gasteiger partial charge in [-0.3, -0.25) is 4.79 Å². The second-order valence-electron chi connectivity index (χ2n) is 3.22. The third-order valence-electron chi connectivity index (χ3n) is 1.94. The van der Waals surface area contributed by atoms with Crippen LogP contribution in [0.25, 0.3) is 0 Å². The summed E-state index contributed by atoms with van der Waals surface area (Å²) in [7, 11) is 1.60. The van der Waals surface area contributed by atoms with Gasteiger partial charge in [0.15, 0.2) is 0 Å². The number of hydrogen-bond acceptors (Lipinski definition) is 4. The Morgan fingerprint density at radius 2 is 2.38 bits per heavy atom. The van der Waals surface area contributed by atoms with Crippen molar-refractivity contribution in [2.75, 3.05) is 33.5 Å². The van der Waals surface area contributed by atoms with Gasteiger partial charge in [0.1, 0.15) is 6.61 Å². The Morgan fingerprint density at radius 1 is 1.50 bits per heavy atom. The van der Waals surface area contributed by atoms with Crippen molar-refractivity contribution in [2.24, 2.45) is 0 Å². The summed E-state index contributed by atoms with van der Waals surface area (Å²) in [6.07, 6.45) is 0.876. The Kier molecular flexibility index (Phi) is 6.80. The molecule has 1 amide bonds. The molecule has 0 aliphatic rings. The maximum atomic E-state index is 11.3. The normalized spacial score (nSPS) is 10.3. The first-order chi connectivity index (χ1) is 7.83. The first kappa shape index (κ1) is 13.2. The second-order valence-corrected chi connectivity index (χ2v) is 4.26. The molecular weight excluding hydrogens is 226 g/mol. The van der Waals surface area contributed by atoms with Gasteiger partial charge in [-0.15, -0.1) is 11.3 Å². The highest BCUT2D eigenvalue weighted by Gasteiger charge is 2.00. The minimum Gasteiger partial charge on any atom is -0.382 e. The number of rotatable bonds is 8. The molecule has 1 rings (SSSR count). The third kappa shape index (κ3) is 5.85. The lowest BCUT2D eigenvalue weighted by Crippen LogP contribution is -2.29. The van der Waals surface area contributed by atoms with Crippen molar-refractivity contribution in [1.82, 2.24) is 5.32 Å².